The Hall–Kier alpha value is -4.39. The summed E-state index contributed by atoms with van der Waals surface area (Å²) in [5.74, 6) is -0.727. The lowest BCUT2D eigenvalue weighted by molar-refractivity contribution is -0.384. The number of aromatic nitrogens is 1. The minimum Gasteiger partial charge on any atom is -0.494 e. The molecule has 0 aliphatic carbocycles. The summed E-state index contributed by atoms with van der Waals surface area (Å²) in [7, 11) is 0. The number of ether oxygens (including phenoxy) is 1. The zero-order chi connectivity index (χ0) is 21.8. The Balaban J connectivity index is 1.92. The second-order valence-electron chi connectivity index (χ2n) is 6.24. The topological polar surface area (TPSA) is 149 Å². The van der Waals surface area contributed by atoms with E-state index in [0.29, 0.717) is 5.76 Å². The zero-order valence-corrected chi connectivity index (χ0v) is 15.7. The summed E-state index contributed by atoms with van der Waals surface area (Å²) in [6.07, 6.45) is 1.39. The number of hydrogen-bond acceptors (Lipinski definition) is 8. The predicted octanol–water partition coefficient (Wildman–Crippen LogP) is 2.55. The second-order valence-corrected chi connectivity index (χ2v) is 6.24. The average molecular weight is 409 g/mol. The van der Waals surface area contributed by atoms with Gasteiger partial charge in [-0.05, 0) is 36.8 Å². The maximum atomic E-state index is 12.7. The van der Waals surface area contributed by atoms with E-state index < -0.39 is 28.8 Å². The van der Waals surface area contributed by atoms with Crippen LogP contribution in [0.15, 0.2) is 51.9 Å². The van der Waals surface area contributed by atoms with Crippen molar-refractivity contribution in [1.29, 1.82) is 5.26 Å². The third-order valence-electron chi connectivity index (χ3n) is 4.39. The maximum Gasteiger partial charge on any atom is 0.271 e. The fourth-order valence-electron chi connectivity index (χ4n) is 2.87. The van der Waals surface area contributed by atoms with Crippen molar-refractivity contribution < 1.29 is 24.0 Å². The number of pyridine rings is 1. The molecule has 2 heterocycles. The van der Waals surface area contributed by atoms with Crippen molar-refractivity contribution in [1.82, 2.24) is 4.57 Å². The molecule has 2 aromatic heterocycles. The fraction of sp³-hybridized carbons (Fsp3) is 0.150. The number of nitro groups is 1. The lowest BCUT2D eigenvalue weighted by atomic mass is 10.0. The Morgan fingerprint density at radius 3 is 2.60 bits per heavy atom. The molecule has 0 unspecified atom stereocenters. The van der Waals surface area contributed by atoms with Gasteiger partial charge in [-0.15, -0.1) is 0 Å². The quantitative estimate of drug-likeness (QED) is 0.355. The summed E-state index contributed by atoms with van der Waals surface area (Å²) >= 11 is 0. The first-order valence-electron chi connectivity index (χ1n) is 8.62. The van der Waals surface area contributed by atoms with Crippen LogP contribution in [0, 0.1) is 28.4 Å². The van der Waals surface area contributed by atoms with E-state index in [1.165, 1.54) is 37.5 Å². The minimum absolute atomic E-state index is 0.0352. The molecule has 30 heavy (non-hydrogen) atoms. The van der Waals surface area contributed by atoms with Gasteiger partial charge in [0, 0.05) is 12.1 Å². The summed E-state index contributed by atoms with van der Waals surface area (Å²) in [6, 6.07) is 10.0. The molecule has 0 fully saturated rings. The number of nitriles is 1. The Morgan fingerprint density at radius 2 is 2.03 bits per heavy atom. The van der Waals surface area contributed by atoms with Gasteiger partial charge in [-0.3, -0.25) is 24.3 Å². The van der Waals surface area contributed by atoms with Crippen molar-refractivity contribution in [3.05, 3.63) is 85.6 Å². The monoisotopic (exact) mass is 409 g/mol. The normalized spacial score (nSPS) is 10.4. The number of nitrogens with zero attached hydrogens (tertiary/aromatic N) is 3. The van der Waals surface area contributed by atoms with Crippen LogP contribution in [-0.4, -0.2) is 27.0 Å². The third-order valence-corrected chi connectivity index (χ3v) is 4.39. The highest BCUT2D eigenvalue weighted by atomic mass is 16.6. The summed E-state index contributed by atoms with van der Waals surface area (Å²) in [5, 5.41) is 30.6. The van der Waals surface area contributed by atoms with Crippen molar-refractivity contribution in [2.45, 2.75) is 13.5 Å². The van der Waals surface area contributed by atoms with Crippen LogP contribution in [0.3, 0.4) is 0 Å². The number of ketones is 1. The molecular weight excluding hydrogens is 394 g/mol. The van der Waals surface area contributed by atoms with Gasteiger partial charge in [0.05, 0.1) is 23.3 Å². The van der Waals surface area contributed by atoms with Gasteiger partial charge in [-0.1, -0.05) is 0 Å². The van der Waals surface area contributed by atoms with Crippen LogP contribution in [0.1, 0.15) is 27.2 Å². The molecule has 0 aliphatic rings. The van der Waals surface area contributed by atoms with Gasteiger partial charge in [0.25, 0.3) is 11.2 Å². The average Bonchev–Trinajstić information content (AvgIpc) is 3.23. The highest BCUT2D eigenvalue weighted by Crippen LogP contribution is 2.24. The molecule has 3 aromatic rings. The number of rotatable bonds is 7. The number of nitro benzene ring substituents is 1. The summed E-state index contributed by atoms with van der Waals surface area (Å²) in [4.78, 5) is 35.4. The van der Waals surface area contributed by atoms with Gasteiger partial charge in [0.2, 0.25) is 11.7 Å². The minimum atomic E-state index is -0.753. The highest BCUT2D eigenvalue weighted by Gasteiger charge is 2.24. The van der Waals surface area contributed by atoms with Crippen LogP contribution in [0.5, 0.6) is 11.6 Å². The summed E-state index contributed by atoms with van der Waals surface area (Å²) in [6.45, 7) is 0.697. The Morgan fingerprint density at radius 1 is 1.33 bits per heavy atom. The van der Waals surface area contributed by atoms with E-state index in [0.717, 1.165) is 4.57 Å². The van der Waals surface area contributed by atoms with E-state index in [1.54, 1.807) is 18.2 Å². The zero-order valence-electron chi connectivity index (χ0n) is 15.7. The van der Waals surface area contributed by atoms with Crippen LogP contribution in [0.25, 0.3) is 0 Å². The summed E-state index contributed by atoms with van der Waals surface area (Å²) < 4.78 is 11.4. The molecule has 152 valence electrons. The van der Waals surface area contributed by atoms with Gasteiger partial charge in [0.15, 0.2) is 6.61 Å². The molecule has 10 heteroatoms. The highest BCUT2D eigenvalue weighted by molar-refractivity contribution is 6.01. The van der Waals surface area contributed by atoms with Crippen molar-refractivity contribution in [3.8, 4) is 17.7 Å². The van der Waals surface area contributed by atoms with Crippen molar-refractivity contribution >= 4 is 11.5 Å². The first kappa shape index (κ1) is 20.3. The fourth-order valence-corrected chi connectivity index (χ4v) is 2.87. The first-order chi connectivity index (χ1) is 14.3. The lowest BCUT2D eigenvalue weighted by Crippen LogP contribution is -2.28. The number of aromatic hydroxyl groups is 1. The molecular formula is C20H15N3O7. The molecule has 0 amide bonds. The van der Waals surface area contributed by atoms with Gasteiger partial charge < -0.3 is 14.3 Å². The van der Waals surface area contributed by atoms with Gasteiger partial charge >= 0.3 is 0 Å². The van der Waals surface area contributed by atoms with E-state index in [2.05, 4.69) is 0 Å². The third kappa shape index (κ3) is 3.90. The van der Waals surface area contributed by atoms with Crippen LogP contribution >= 0.6 is 0 Å². The van der Waals surface area contributed by atoms with Gasteiger partial charge in [-0.2, -0.15) is 5.26 Å². The number of non-ortho nitro benzene ring substituents is 1. The van der Waals surface area contributed by atoms with Crippen LogP contribution in [0.2, 0.25) is 0 Å². The predicted molar refractivity (Wildman–Crippen MR) is 103 cm³/mol. The maximum absolute atomic E-state index is 12.7. The van der Waals surface area contributed by atoms with E-state index in [4.69, 9.17) is 9.15 Å². The van der Waals surface area contributed by atoms with Crippen LogP contribution in [-0.2, 0) is 6.54 Å². The van der Waals surface area contributed by atoms with Crippen molar-refractivity contribution in [3.63, 3.8) is 0 Å². The number of carbonyl (C=O) groups excluding carboxylic acids is 1. The molecule has 1 aromatic carbocycles. The second kappa shape index (κ2) is 8.32. The number of hydrogen-bond donors (Lipinski definition) is 1. The number of furan rings is 1. The van der Waals surface area contributed by atoms with Crippen LogP contribution < -0.4 is 10.3 Å². The number of carbonyl (C=O) groups is 1. The van der Waals surface area contributed by atoms with Gasteiger partial charge in [0.1, 0.15) is 23.1 Å². The largest absolute Gasteiger partial charge is 0.494 e. The van der Waals surface area contributed by atoms with E-state index in [9.17, 15) is 30.1 Å². The standard InChI is InChI=1S/C20H15N3O7/c1-12-16(9-21)19(25)22(10-15-3-2-8-29-15)20(26)18(12)17(24)11-30-14-6-4-13(5-7-14)23(27)28/h2-8,26H,10-11H2,1H3. The molecule has 0 bridgehead atoms. The number of Topliss-reactive ketones (excluding diaryl/α,β-unsaturated/α-hetero) is 1. The molecule has 1 N–H and O–H groups in total. The molecule has 3 rings (SSSR count). The lowest BCUT2D eigenvalue weighted by Gasteiger charge is -2.15. The molecule has 0 spiro atoms. The Labute approximate surface area is 169 Å². The van der Waals surface area contributed by atoms with Crippen LogP contribution in [0.4, 0.5) is 5.69 Å². The SMILES string of the molecule is Cc1c(C(=O)COc2ccc([N+](=O)[O-])cc2)c(O)n(Cc2ccco2)c(=O)c1C#N. The molecule has 0 saturated carbocycles. The molecule has 0 atom stereocenters. The molecule has 0 saturated heterocycles. The Bertz CT molecular complexity index is 1200. The molecule has 0 radical (unpaired) electrons. The molecule has 10 nitrogen and oxygen atoms in total. The molecule has 0 aliphatic heterocycles. The van der Waals surface area contributed by atoms with Gasteiger partial charge in [-0.25, -0.2) is 0 Å². The Kier molecular flexibility index (Phi) is 5.64. The van der Waals surface area contributed by atoms with E-state index in [-0.39, 0.29) is 34.7 Å². The van der Waals surface area contributed by atoms with E-state index in [1.807, 2.05) is 0 Å². The first-order valence-corrected chi connectivity index (χ1v) is 8.62. The van der Waals surface area contributed by atoms with Crippen molar-refractivity contribution in [2.75, 3.05) is 6.61 Å². The smallest absolute Gasteiger partial charge is 0.271 e. The van der Waals surface area contributed by atoms with E-state index >= 15 is 0 Å². The number of benzene rings is 1. The summed E-state index contributed by atoms with van der Waals surface area (Å²) in [5.41, 5.74) is -1.35. The van der Waals surface area contributed by atoms with Crippen molar-refractivity contribution in [2.24, 2.45) is 0 Å².